The summed E-state index contributed by atoms with van der Waals surface area (Å²) in [6.07, 6.45) is 0. The number of aryl methyl sites for hydroxylation is 3. The summed E-state index contributed by atoms with van der Waals surface area (Å²) in [6, 6.07) is 10.4. The van der Waals surface area contributed by atoms with Gasteiger partial charge in [-0.15, -0.1) is 0 Å². The Morgan fingerprint density at radius 1 is 0.926 bits per heavy atom. The fourth-order valence-electron chi connectivity index (χ4n) is 3.46. The summed E-state index contributed by atoms with van der Waals surface area (Å²) in [5, 5.41) is 11.0. The Morgan fingerprint density at radius 3 is 2.15 bits per heavy atom. The monoisotopic (exact) mass is 389 g/mol. The Labute approximate surface area is 159 Å². The predicted molar refractivity (Wildman–Crippen MR) is 105 cm³/mol. The molecule has 0 aliphatic carbocycles. The number of anilines is 1. The van der Waals surface area contributed by atoms with Crippen LogP contribution in [0.4, 0.5) is 11.4 Å². The highest BCUT2D eigenvalue weighted by molar-refractivity contribution is 7.89. The largest absolute Gasteiger partial charge is 0.369 e. The van der Waals surface area contributed by atoms with Crippen LogP contribution in [0.2, 0.25) is 0 Å². The quantitative estimate of drug-likeness (QED) is 0.593. The Kier molecular flexibility index (Phi) is 5.21. The Bertz CT molecular complexity index is 980. The summed E-state index contributed by atoms with van der Waals surface area (Å²) in [6.45, 7) is 7.31. The summed E-state index contributed by atoms with van der Waals surface area (Å²) in [5.74, 6) is 0. The summed E-state index contributed by atoms with van der Waals surface area (Å²) < 4.78 is 27.5. The molecule has 1 fully saturated rings. The Balaban J connectivity index is 1.75. The minimum atomic E-state index is -3.52. The molecule has 0 aromatic heterocycles. The molecular weight excluding hydrogens is 366 g/mol. The molecule has 27 heavy (non-hydrogen) atoms. The highest BCUT2D eigenvalue weighted by Crippen LogP contribution is 2.27. The van der Waals surface area contributed by atoms with Gasteiger partial charge in [0, 0.05) is 43.5 Å². The third kappa shape index (κ3) is 3.81. The van der Waals surface area contributed by atoms with E-state index in [1.54, 1.807) is 25.1 Å². The molecule has 0 amide bonds. The SMILES string of the molecule is Cc1ccc(S(=O)(=O)N2CCN(c3ccc([N+](=O)[O-])c(C)c3)CC2)c(C)c1. The van der Waals surface area contributed by atoms with Crippen molar-refractivity contribution in [3.8, 4) is 0 Å². The van der Waals surface area contributed by atoms with E-state index in [1.165, 1.54) is 10.4 Å². The summed E-state index contributed by atoms with van der Waals surface area (Å²) >= 11 is 0. The van der Waals surface area contributed by atoms with Gasteiger partial charge in [0.1, 0.15) is 0 Å². The molecule has 0 N–H and O–H groups in total. The van der Waals surface area contributed by atoms with E-state index in [0.29, 0.717) is 36.6 Å². The second-order valence-electron chi connectivity index (χ2n) is 6.89. The van der Waals surface area contributed by atoms with Crippen LogP contribution in [-0.2, 0) is 10.0 Å². The zero-order chi connectivity index (χ0) is 19.8. The summed E-state index contributed by atoms with van der Waals surface area (Å²) in [7, 11) is -3.52. The maximum atomic E-state index is 13.0. The van der Waals surface area contributed by atoms with Crippen molar-refractivity contribution < 1.29 is 13.3 Å². The Morgan fingerprint density at radius 2 is 1.59 bits per heavy atom. The van der Waals surface area contributed by atoms with Crippen LogP contribution in [0, 0.1) is 30.9 Å². The number of hydrogen-bond donors (Lipinski definition) is 0. The predicted octanol–water partition coefficient (Wildman–Crippen LogP) is 3.03. The van der Waals surface area contributed by atoms with Crippen LogP contribution in [0.3, 0.4) is 0 Å². The van der Waals surface area contributed by atoms with Crippen molar-refractivity contribution in [3.05, 3.63) is 63.2 Å². The van der Waals surface area contributed by atoms with Gasteiger partial charge in [0.05, 0.1) is 9.82 Å². The van der Waals surface area contributed by atoms with Gasteiger partial charge in [-0.1, -0.05) is 17.7 Å². The van der Waals surface area contributed by atoms with Gasteiger partial charge in [-0.05, 0) is 44.5 Å². The lowest BCUT2D eigenvalue weighted by Crippen LogP contribution is -2.48. The van der Waals surface area contributed by atoms with Crippen LogP contribution in [0.5, 0.6) is 0 Å². The molecule has 2 aromatic rings. The number of piperazine rings is 1. The molecule has 0 spiro atoms. The standard InChI is InChI=1S/C19H23N3O4S/c1-14-4-7-19(16(3)12-14)27(25,26)21-10-8-20(9-11-21)17-5-6-18(22(23)24)15(2)13-17/h4-7,12-13H,8-11H2,1-3H3. The van der Waals surface area contributed by atoms with Gasteiger partial charge in [0.15, 0.2) is 0 Å². The minimum absolute atomic E-state index is 0.0924. The maximum absolute atomic E-state index is 13.0. The van der Waals surface area contributed by atoms with Gasteiger partial charge in [0.25, 0.3) is 5.69 Å². The van der Waals surface area contributed by atoms with E-state index in [9.17, 15) is 18.5 Å². The van der Waals surface area contributed by atoms with Gasteiger partial charge in [-0.2, -0.15) is 4.31 Å². The molecule has 1 aliphatic rings. The molecule has 8 heteroatoms. The number of nitrogens with zero attached hydrogens (tertiary/aromatic N) is 3. The normalized spacial score (nSPS) is 15.7. The number of hydrogen-bond acceptors (Lipinski definition) is 5. The lowest BCUT2D eigenvalue weighted by molar-refractivity contribution is -0.385. The molecule has 144 valence electrons. The average Bonchev–Trinajstić information content (AvgIpc) is 2.61. The van der Waals surface area contributed by atoms with E-state index in [2.05, 4.69) is 4.90 Å². The highest BCUT2D eigenvalue weighted by Gasteiger charge is 2.30. The Hall–Kier alpha value is -2.45. The number of nitro groups is 1. The fourth-order valence-corrected chi connectivity index (χ4v) is 5.08. The zero-order valence-electron chi connectivity index (χ0n) is 15.7. The molecule has 0 bridgehead atoms. The molecule has 0 radical (unpaired) electrons. The van der Waals surface area contributed by atoms with E-state index in [4.69, 9.17) is 0 Å². The van der Waals surface area contributed by atoms with Crippen molar-refractivity contribution in [2.75, 3.05) is 31.1 Å². The third-order valence-corrected chi connectivity index (χ3v) is 6.99. The van der Waals surface area contributed by atoms with Gasteiger partial charge < -0.3 is 4.90 Å². The first-order valence-corrected chi connectivity index (χ1v) is 10.2. The lowest BCUT2D eigenvalue weighted by atomic mass is 10.1. The number of rotatable bonds is 4. The van der Waals surface area contributed by atoms with E-state index in [1.807, 2.05) is 26.0 Å². The second-order valence-corrected chi connectivity index (χ2v) is 8.79. The highest BCUT2D eigenvalue weighted by atomic mass is 32.2. The summed E-state index contributed by atoms with van der Waals surface area (Å²) in [4.78, 5) is 13.0. The number of benzene rings is 2. The van der Waals surface area contributed by atoms with Gasteiger partial charge in [-0.3, -0.25) is 10.1 Å². The molecule has 1 aliphatic heterocycles. The summed E-state index contributed by atoms with van der Waals surface area (Å²) in [5.41, 5.74) is 3.35. The van der Waals surface area contributed by atoms with Gasteiger partial charge in [0.2, 0.25) is 10.0 Å². The van der Waals surface area contributed by atoms with Crippen LogP contribution in [0.15, 0.2) is 41.3 Å². The second kappa shape index (κ2) is 7.28. The topological polar surface area (TPSA) is 83.8 Å². The lowest BCUT2D eigenvalue weighted by Gasteiger charge is -2.35. The average molecular weight is 389 g/mol. The maximum Gasteiger partial charge on any atom is 0.272 e. The van der Waals surface area contributed by atoms with Crippen LogP contribution >= 0.6 is 0 Å². The van der Waals surface area contributed by atoms with E-state index in [-0.39, 0.29) is 5.69 Å². The molecule has 3 rings (SSSR count). The molecule has 0 saturated carbocycles. The molecule has 0 atom stereocenters. The van der Waals surface area contributed by atoms with Crippen LogP contribution in [0.1, 0.15) is 16.7 Å². The van der Waals surface area contributed by atoms with E-state index < -0.39 is 14.9 Å². The van der Waals surface area contributed by atoms with Crippen LogP contribution in [-0.4, -0.2) is 43.8 Å². The van der Waals surface area contributed by atoms with Crippen LogP contribution in [0.25, 0.3) is 0 Å². The molecular formula is C19H23N3O4S. The first-order valence-electron chi connectivity index (χ1n) is 8.77. The first kappa shape index (κ1) is 19.3. The van der Waals surface area contributed by atoms with Crippen molar-refractivity contribution >= 4 is 21.4 Å². The minimum Gasteiger partial charge on any atom is -0.369 e. The zero-order valence-corrected chi connectivity index (χ0v) is 16.5. The fraction of sp³-hybridized carbons (Fsp3) is 0.368. The van der Waals surface area contributed by atoms with Crippen molar-refractivity contribution in [2.24, 2.45) is 0 Å². The molecule has 7 nitrogen and oxygen atoms in total. The smallest absolute Gasteiger partial charge is 0.272 e. The van der Waals surface area contributed by atoms with Crippen molar-refractivity contribution in [2.45, 2.75) is 25.7 Å². The number of sulfonamides is 1. The number of nitro benzene ring substituents is 1. The van der Waals surface area contributed by atoms with Crippen molar-refractivity contribution in [1.29, 1.82) is 0 Å². The molecule has 0 unspecified atom stereocenters. The van der Waals surface area contributed by atoms with Crippen molar-refractivity contribution in [3.63, 3.8) is 0 Å². The molecule has 1 saturated heterocycles. The van der Waals surface area contributed by atoms with Crippen LogP contribution < -0.4 is 4.90 Å². The van der Waals surface area contributed by atoms with Crippen molar-refractivity contribution in [1.82, 2.24) is 4.31 Å². The molecule has 2 aromatic carbocycles. The van der Waals surface area contributed by atoms with Gasteiger partial charge >= 0.3 is 0 Å². The van der Waals surface area contributed by atoms with Gasteiger partial charge in [-0.25, -0.2) is 8.42 Å². The third-order valence-electron chi connectivity index (χ3n) is 4.93. The van der Waals surface area contributed by atoms with E-state index >= 15 is 0 Å². The van der Waals surface area contributed by atoms with E-state index in [0.717, 1.165) is 16.8 Å². The molecule has 1 heterocycles. The first-order chi connectivity index (χ1) is 12.7.